The first-order chi connectivity index (χ1) is 9.74. The van der Waals surface area contributed by atoms with Gasteiger partial charge in [-0.3, -0.25) is 4.79 Å². The van der Waals surface area contributed by atoms with Crippen molar-refractivity contribution in [2.75, 3.05) is 21.3 Å². The molecule has 0 N–H and O–H groups in total. The van der Waals surface area contributed by atoms with Crippen LogP contribution in [0.4, 0.5) is 0 Å². The molecule has 0 aromatic heterocycles. The highest BCUT2D eigenvalue weighted by Crippen LogP contribution is 2.38. The largest absolute Gasteiger partial charge is 0.496 e. The maximum atomic E-state index is 11.3. The fourth-order valence-corrected chi connectivity index (χ4v) is 2.09. The molecule has 0 aliphatic rings. The standard InChI is InChI=1S/C16H16O4/c1-18-14-7-5-4-6-12(14)13-9-16(20-3)15(19-2)8-11(13)10-17/h4-10H,1-3H3. The molecule has 2 aromatic rings. The van der Waals surface area contributed by atoms with Crippen molar-refractivity contribution in [3.05, 3.63) is 42.0 Å². The van der Waals surface area contributed by atoms with E-state index in [1.165, 1.54) is 7.11 Å². The zero-order chi connectivity index (χ0) is 14.5. The lowest BCUT2D eigenvalue weighted by Gasteiger charge is -2.14. The SMILES string of the molecule is COc1cc(C=O)c(-c2ccccc2OC)cc1OC. The van der Waals surface area contributed by atoms with Crippen molar-refractivity contribution in [3.8, 4) is 28.4 Å². The maximum Gasteiger partial charge on any atom is 0.161 e. The second kappa shape index (κ2) is 6.10. The van der Waals surface area contributed by atoms with E-state index >= 15 is 0 Å². The molecule has 0 saturated heterocycles. The Kier molecular flexibility index (Phi) is 4.25. The smallest absolute Gasteiger partial charge is 0.161 e. The predicted molar refractivity (Wildman–Crippen MR) is 76.9 cm³/mol. The average Bonchev–Trinajstić information content (AvgIpc) is 2.53. The van der Waals surface area contributed by atoms with Crippen LogP contribution in [-0.4, -0.2) is 27.6 Å². The Hall–Kier alpha value is -2.49. The van der Waals surface area contributed by atoms with Crippen LogP contribution in [0, 0.1) is 0 Å². The van der Waals surface area contributed by atoms with Crippen LogP contribution in [0.1, 0.15) is 10.4 Å². The van der Waals surface area contributed by atoms with Gasteiger partial charge in [0.15, 0.2) is 17.8 Å². The van der Waals surface area contributed by atoms with Gasteiger partial charge < -0.3 is 14.2 Å². The average molecular weight is 272 g/mol. The minimum atomic E-state index is 0.521. The summed E-state index contributed by atoms with van der Waals surface area (Å²) in [5, 5.41) is 0. The van der Waals surface area contributed by atoms with Crippen LogP contribution in [-0.2, 0) is 0 Å². The van der Waals surface area contributed by atoms with E-state index in [1.54, 1.807) is 26.4 Å². The summed E-state index contributed by atoms with van der Waals surface area (Å²) >= 11 is 0. The summed E-state index contributed by atoms with van der Waals surface area (Å²) in [5.74, 6) is 1.79. The Balaban J connectivity index is 2.69. The van der Waals surface area contributed by atoms with Crippen LogP contribution >= 0.6 is 0 Å². The number of carbonyl (C=O) groups excluding carboxylic acids is 1. The van der Waals surface area contributed by atoms with E-state index in [0.717, 1.165) is 17.4 Å². The van der Waals surface area contributed by atoms with Gasteiger partial charge in [-0.15, -0.1) is 0 Å². The molecule has 4 nitrogen and oxygen atoms in total. The van der Waals surface area contributed by atoms with Crippen LogP contribution in [0.25, 0.3) is 11.1 Å². The van der Waals surface area contributed by atoms with Crippen LogP contribution in [0.5, 0.6) is 17.2 Å². The number of hydrogen-bond donors (Lipinski definition) is 0. The highest BCUT2D eigenvalue weighted by Gasteiger charge is 2.14. The van der Waals surface area contributed by atoms with E-state index in [-0.39, 0.29) is 0 Å². The van der Waals surface area contributed by atoms with Gasteiger partial charge in [0.25, 0.3) is 0 Å². The van der Waals surface area contributed by atoms with Crippen molar-refractivity contribution < 1.29 is 19.0 Å². The predicted octanol–water partition coefficient (Wildman–Crippen LogP) is 3.19. The molecule has 20 heavy (non-hydrogen) atoms. The molecule has 0 fully saturated rings. The van der Waals surface area contributed by atoms with E-state index in [4.69, 9.17) is 14.2 Å². The van der Waals surface area contributed by atoms with Crippen molar-refractivity contribution in [2.45, 2.75) is 0 Å². The van der Waals surface area contributed by atoms with Gasteiger partial charge in [-0.05, 0) is 23.8 Å². The van der Waals surface area contributed by atoms with E-state index in [2.05, 4.69) is 0 Å². The van der Waals surface area contributed by atoms with Crippen molar-refractivity contribution >= 4 is 6.29 Å². The third kappa shape index (κ3) is 2.45. The number of para-hydroxylation sites is 1. The Labute approximate surface area is 117 Å². The lowest BCUT2D eigenvalue weighted by Crippen LogP contribution is -1.96. The van der Waals surface area contributed by atoms with Gasteiger partial charge in [-0.2, -0.15) is 0 Å². The van der Waals surface area contributed by atoms with Crippen LogP contribution < -0.4 is 14.2 Å². The summed E-state index contributed by atoms with van der Waals surface area (Å²) in [7, 11) is 4.69. The molecule has 0 bridgehead atoms. The second-order valence-corrected chi connectivity index (χ2v) is 4.11. The number of benzene rings is 2. The monoisotopic (exact) mass is 272 g/mol. The molecule has 4 heteroatoms. The van der Waals surface area contributed by atoms with Gasteiger partial charge in [0, 0.05) is 11.1 Å². The lowest BCUT2D eigenvalue weighted by atomic mass is 9.98. The second-order valence-electron chi connectivity index (χ2n) is 4.11. The molecule has 104 valence electrons. The molecule has 0 radical (unpaired) electrons. The first kappa shape index (κ1) is 13.9. The molecule has 0 aliphatic heterocycles. The van der Waals surface area contributed by atoms with Gasteiger partial charge in [0.05, 0.1) is 21.3 Å². The molecule has 0 atom stereocenters. The Morgan fingerprint density at radius 2 is 1.40 bits per heavy atom. The van der Waals surface area contributed by atoms with Gasteiger partial charge in [0.1, 0.15) is 5.75 Å². The summed E-state index contributed by atoms with van der Waals surface area (Å²) in [6.45, 7) is 0. The van der Waals surface area contributed by atoms with E-state index in [9.17, 15) is 4.79 Å². The highest BCUT2D eigenvalue weighted by molar-refractivity contribution is 5.91. The number of carbonyl (C=O) groups is 1. The van der Waals surface area contributed by atoms with Gasteiger partial charge in [0.2, 0.25) is 0 Å². The molecule has 0 amide bonds. The molecule has 0 saturated carbocycles. The van der Waals surface area contributed by atoms with Crippen LogP contribution in [0.3, 0.4) is 0 Å². The summed E-state index contributed by atoms with van der Waals surface area (Å²) in [5.41, 5.74) is 2.10. The minimum Gasteiger partial charge on any atom is -0.496 e. The fraction of sp³-hybridized carbons (Fsp3) is 0.188. The number of aldehydes is 1. The summed E-state index contributed by atoms with van der Waals surface area (Å²) in [6, 6.07) is 11.0. The maximum absolute atomic E-state index is 11.3. The lowest BCUT2D eigenvalue weighted by molar-refractivity contribution is 0.112. The topological polar surface area (TPSA) is 44.8 Å². The molecular weight excluding hydrogens is 256 g/mol. The van der Waals surface area contributed by atoms with Crippen molar-refractivity contribution in [1.82, 2.24) is 0 Å². The van der Waals surface area contributed by atoms with Gasteiger partial charge in [-0.25, -0.2) is 0 Å². The molecule has 2 rings (SSSR count). The van der Waals surface area contributed by atoms with Crippen LogP contribution in [0.15, 0.2) is 36.4 Å². The highest BCUT2D eigenvalue weighted by atomic mass is 16.5. The summed E-state index contributed by atoms with van der Waals surface area (Å²) in [4.78, 5) is 11.3. The summed E-state index contributed by atoms with van der Waals surface area (Å²) < 4.78 is 15.8. The first-order valence-corrected chi connectivity index (χ1v) is 6.09. The Morgan fingerprint density at radius 3 is 2.00 bits per heavy atom. The first-order valence-electron chi connectivity index (χ1n) is 6.09. The van der Waals surface area contributed by atoms with E-state index in [0.29, 0.717) is 22.8 Å². The van der Waals surface area contributed by atoms with Crippen molar-refractivity contribution in [3.63, 3.8) is 0 Å². The third-order valence-electron chi connectivity index (χ3n) is 3.08. The quantitative estimate of drug-likeness (QED) is 0.784. The van der Waals surface area contributed by atoms with Gasteiger partial charge >= 0.3 is 0 Å². The molecule has 0 unspecified atom stereocenters. The molecular formula is C16H16O4. The summed E-state index contributed by atoms with van der Waals surface area (Å²) in [6.07, 6.45) is 0.795. The zero-order valence-electron chi connectivity index (χ0n) is 11.7. The molecule has 0 aliphatic carbocycles. The molecule has 2 aromatic carbocycles. The van der Waals surface area contributed by atoms with Crippen molar-refractivity contribution in [2.24, 2.45) is 0 Å². The normalized spacial score (nSPS) is 9.95. The minimum absolute atomic E-state index is 0.521. The van der Waals surface area contributed by atoms with Gasteiger partial charge in [-0.1, -0.05) is 18.2 Å². The van der Waals surface area contributed by atoms with E-state index in [1.807, 2.05) is 24.3 Å². The molecule has 0 heterocycles. The fourth-order valence-electron chi connectivity index (χ4n) is 2.09. The number of rotatable bonds is 5. The Bertz CT molecular complexity index is 620. The number of hydrogen-bond acceptors (Lipinski definition) is 4. The zero-order valence-corrected chi connectivity index (χ0v) is 11.7. The molecule has 0 spiro atoms. The van der Waals surface area contributed by atoms with Crippen molar-refractivity contribution in [1.29, 1.82) is 0 Å². The number of ether oxygens (including phenoxy) is 3. The Morgan fingerprint density at radius 1 is 0.800 bits per heavy atom. The third-order valence-corrected chi connectivity index (χ3v) is 3.08. The van der Waals surface area contributed by atoms with E-state index < -0.39 is 0 Å². The van der Waals surface area contributed by atoms with Crippen LogP contribution in [0.2, 0.25) is 0 Å². The number of methoxy groups -OCH3 is 3.